The first-order chi connectivity index (χ1) is 15.1. The van der Waals surface area contributed by atoms with E-state index in [-0.39, 0.29) is 12.1 Å². The van der Waals surface area contributed by atoms with Gasteiger partial charge in [0, 0.05) is 6.92 Å². The van der Waals surface area contributed by atoms with Crippen LogP contribution in [0.2, 0.25) is 0 Å². The van der Waals surface area contributed by atoms with Crippen molar-refractivity contribution in [3.05, 3.63) is 59.7 Å². The van der Waals surface area contributed by atoms with E-state index in [9.17, 15) is 4.79 Å². The largest absolute Gasteiger partial charge is 0.458 e. The minimum atomic E-state index is -0.245. The molecule has 2 aromatic carbocycles. The minimum Gasteiger partial charge on any atom is -0.458 e. The second-order valence-corrected chi connectivity index (χ2v) is 8.86. The first-order valence-electron chi connectivity index (χ1n) is 12.5. The molecule has 2 rings (SSSR count). The summed E-state index contributed by atoms with van der Waals surface area (Å²) in [5.74, 6) is -0.245. The average Bonchev–Trinajstić information content (AvgIpc) is 2.77. The molecule has 0 saturated heterocycles. The molecule has 0 aliphatic rings. The molecule has 0 N–H and O–H groups in total. The highest BCUT2D eigenvalue weighted by molar-refractivity contribution is 5.67. The number of benzene rings is 2. The van der Waals surface area contributed by atoms with Gasteiger partial charge in [0.05, 0.1) is 0 Å². The van der Waals surface area contributed by atoms with Crippen molar-refractivity contribution < 1.29 is 9.53 Å². The Kier molecular flexibility index (Phi) is 12.0. The van der Waals surface area contributed by atoms with Crippen molar-refractivity contribution in [2.45, 2.75) is 104 Å². The van der Waals surface area contributed by atoms with Gasteiger partial charge < -0.3 is 4.74 Å². The lowest BCUT2D eigenvalue weighted by atomic mass is 9.99. The van der Waals surface area contributed by atoms with Gasteiger partial charge in [-0.1, -0.05) is 120 Å². The fraction of sp³-hybridized carbons (Fsp3) is 0.552. The van der Waals surface area contributed by atoms with Crippen LogP contribution >= 0.6 is 0 Å². The van der Waals surface area contributed by atoms with Crippen molar-refractivity contribution in [1.82, 2.24) is 0 Å². The molecule has 170 valence electrons. The third kappa shape index (κ3) is 10.2. The number of hydrogen-bond donors (Lipinski definition) is 0. The third-order valence-corrected chi connectivity index (χ3v) is 6.08. The van der Waals surface area contributed by atoms with Crippen molar-refractivity contribution >= 4 is 5.97 Å². The average molecular weight is 423 g/mol. The molecule has 0 amide bonds. The van der Waals surface area contributed by atoms with Crippen LogP contribution in [0.1, 0.15) is 109 Å². The van der Waals surface area contributed by atoms with E-state index in [2.05, 4.69) is 43.3 Å². The number of carbonyl (C=O) groups is 1. The maximum atomic E-state index is 11.1. The molecular weight excluding hydrogens is 380 g/mol. The molecule has 0 aliphatic carbocycles. The Morgan fingerprint density at radius 1 is 0.710 bits per heavy atom. The van der Waals surface area contributed by atoms with Gasteiger partial charge in [0.15, 0.2) is 0 Å². The molecule has 2 nitrogen and oxygen atoms in total. The van der Waals surface area contributed by atoms with Crippen molar-refractivity contribution in [3.63, 3.8) is 0 Å². The number of hydrogen-bond acceptors (Lipinski definition) is 2. The molecule has 0 radical (unpaired) electrons. The van der Waals surface area contributed by atoms with Crippen LogP contribution in [0.3, 0.4) is 0 Å². The number of aryl methyl sites for hydroxylation is 1. The van der Waals surface area contributed by atoms with Gasteiger partial charge in [0.25, 0.3) is 0 Å². The lowest BCUT2D eigenvalue weighted by molar-refractivity contribution is -0.145. The summed E-state index contributed by atoms with van der Waals surface area (Å²) in [5, 5.41) is 0. The van der Waals surface area contributed by atoms with Crippen LogP contribution in [0.25, 0.3) is 11.1 Å². The minimum absolute atomic E-state index is 0.209. The van der Waals surface area contributed by atoms with E-state index in [1.807, 2.05) is 19.1 Å². The van der Waals surface area contributed by atoms with E-state index in [4.69, 9.17) is 4.74 Å². The van der Waals surface area contributed by atoms with Crippen molar-refractivity contribution in [1.29, 1.82) is 0 Å². The van der Waals surface area contributed by atoms with Gasteiger partial charge >= 0.3 is 5.97 Å². The maximum absolute atomic E-state index is 11.1. The molecular formula is C29H42O2. The van der Waals surface area contributed by atoms with Gasteiger partial charge in [-0.15, -0.1) is 0 Å². The summed E-state index contributed by atoms with van der Waals surface area (Å²) >= 11 is 0. The summed E-state index contributed by atoms with van der Waals surface area (Å²) in [7, 11) is 0. The summed E-state index contributed by atoms with van der Waals surface area (Å²) in [5.41, 5.74) is 4.88. The normalized spacial score (nSPS) is 12.0. The molecule has 0 aromatic heterocycles. The molecule has 1 atom stereocenters. The second kappa shape index (κ2) is 14.8. The number of carbonyl (C=O) groups excluding carboxylic acids is 1. The van der Waals surface area contributed by atoms with Gasteiger partial charge in [0.2, 0.25) is 0 Å². The zero-order valence-corrected chi connectivity index (χ0v) is 20.0. The van der Waals surface area contributed by atoms with Crippen LogP contribution in [0.4, 0.5) is 0 Å². The van der Waals surface area contributed by atoms with E-state index >= 15 is 0 Å². The van der Waals surface area contributed by atoms with Crippen LogP contribution in [-0.4, -0.2) is 5.97 Å². The molecule has 0 saturated carbocycles. The summed E-state index contributed by atoms with van der Waals surface area (Å²) in [6, 6.07) is 17.3. The van der Waals surface area contributed by atoms with Crippen LogP contribution in [0.15, 0.2) is 48.5 Å². The first kappa shape index (κ1) is 25.2. The second-order valence-electron chi connectivity index (χ2n) is 8.86. The molecule has 2 aromatic rings. The van der Waals surface area contributed by atoms with Crippen LogP contribution < -0.4 is 0 Å². The highest BCUT2D eigenvalue weighted by Gasteiger charge is 2.08. The standard InChI is InChI=1S/C29H42O2/c1-4-5-6-7-8-9-10-11-12-13-14-15-26-16-18-28(19-17-26)29-22-20-27(21-23-29)24(2)31-25(3)30/h16-24H,4-15H2,1-3H3. The fourth-order valence-electron chi connectivity index (χ4n) is 4.12. The molecule has 0 bridgehead atoms. The topological polar surface area (TPSA) is 26.3 Å². The summed E-state index contributed by atoms with van der Waals surface area (Å²) in [4.78, 5) is 11.1. The molecule has 0 fully saturated rings. The zero-order chi connectivity index (χ0) is 22.3. The molecule has 2 heteroatoms. The Balaban J connectivity index is 1.64. The highest BCUT2D eigenvalue weighted by Crippen LogP contribution is 2.24. The summed E-state index contributed by atoms with van der Waals surface area (Å²) < 4.78 is 5.25. The lowest BCUT2D eigenvalue weighted by Crippen LogP contribution is -2.04. The van der Waals surface area contributed by atoms with Crippen LogP contribution in [-0.2, 0) is 16.0 Å². The van der Waals surface area contributed by atoms with Crippen molar-refractivity contribution in [2.75, 3.05) is 0 Å². The van der Waals surface area contributed by atoms with Crippen LogP contribution in [0, 0.1) is 0 Å². The Morgan fingerprint density at radius 2 is 1.16 bits per heavy atom. The van der Waals surface area contributed by atoms with E-state index in [1.54, 1.807) is 0 Å². The molecule has 0 heterocycles. The maximum Gasteiger partial charge on any atom is 0.303 e. The predicted molar refractivity (Wildman–Crippen MR) is 132 cm³/mol. The van der Waals surface area contributed by atoms with E-state index < -0.39 is 0 Å². The fourth-order valence-corrected chi connectivity index (χ4v) is 4.12. The first-order valence-corrected chi connectivity index (χ1v) is 12.5. The number of esters is 1. The smallest absolute Gasteiger partial charge is 0.303 e. The van der Waals surface area contributed by atoms with E-state index in [0.717, 1.165) is 5.56 Å². The van der Waals surface area contributed by atoms with Crippen LogP contribution in [0.5, 0.6) is 0 Å². The van der Waals surface area contributed by atoms with Gasteiger partial charge in [-0.25, -0.2) is 0 Å². The SMILES string of the molecule is CCCCCCCCCCCCCc1ccc(-c2ccc(C(C)OC(C)=O)cc2)cc1. The molecule has 0 spiro atoms. The van der Waals surface area contributed by atoms with Gasteiger partial charge in [-0.05, 0) is 42.0 Å². The monoisotopic (exact) mass is 422 g/mol. The van der Waals surface area contributed by atoms with Gasteiger partial charge in [-0.3, -0.25) is 4.79 Å². The van der Waals surface area contributed by atoms with E-state index in [0.29, 0.717) is 0 Å². The number of rotatable bonds is 15. The van der Waals surface area contributed by atoms with Crippen molar-refractivity contribution in [3.8, 4) is 11.1 Å². The molecule has 31 heavy (non-hydrogen) atoms. The Hall–Kier alpha value is -2.09. The highest BCUT2D eigenvalue weighted by atomic mass is 16.5. The predicted octanol–water partition coefficient (Wildman–Crippen LogP) is 8.83. The quantitative estimate of drug-likeness (QED) is 0.212. The zero-order valence-electron chi connectivity index (χ0n) is 20.0. The number of unbranched alkanes of at least 4 members (excludes halogenated alkanes) is 10. The Morgan fingerprint density at radius 3 is 1.65 bits per heavy atom. The van der Waals surface area contributed by atoms with Crippen molar-refractivity contribution in [2.24, 2.45) is 0 Å². The third-order valence-electron chi connectivity index (χ3n) is 6.08. The Bertz CT molecular complexity index is 730. The Labute approximate surface area is 190 Å². The van der Waals surface area contributed by atoms with Gasteiger partial charge in [0.1, 0.15) is 6.10 Å². The number of ether oxygens (including phenoxy) is 1. The van der Waals surface area contributed by atoms with Gasteiger partial charge in [-0.2, -0.15) is 0 Å². The van der Waals surface area contributed by atoms with E-state index in [1.165, 1.54) is 101 Å². The molecule has 0 aliphatic heterocycles. The summed E-state index contributed by atoms with van der Waals surface area (Å²) in [6.45, 7) is 5.63. The molecule has 1 unspecified atom stereocenters. The summed E-state index contributed by atoms with van der Waals surface area (Å²) in [6.07, 6.45) is 16.3. The lowest BCUT2D eigenvalue weighted by Gasteiger charge is -2.13.